The number of nitrogens with zero attached hydrogens (tertiary/aromatic N) is 1. The summed E-state index contributed by atoms with van der Waals surface area (Å²) in [6.07, 6.45) is 11.1. The molecule has 1 heterocycles. The van der Waals surface area contributed by atoms with Gasteiger partial charge in [-0.25, -0.2) is 0 Å². The van der Waals surface area contributed by atoms with Gasteiger partial charge in [-0.3, -0.25) is 4.99 Å². The van der Waals surface area contributed by atoms with Gasteiger partial charge < -0.3 is 0 Å². The number of allylic oxidation sites excluding steroid dienone is 6. The van der Waals surface area contributed by atoms with Crippen molar-refractivity contribution in [3.05, 3.63) is 35.6 Å². The minimum atomic E-state index is 0.543. The highest BCUT2D eigenvalue weighted by molar-refractivity contribution is 6.00. The molecule has 0 saturated heterocycles. The van der Waals surface area contributed by atoms with Crippen LogP contribution in [0.2, 0.25) is 0 Å². The number of hydrogen-bond acceptors (Lipinski definition) is 1. The average Bonchev–Trinajstić information content (AvgIpc) is 2.35. The SMILES string of the molecule is CC1=C(C(C)C)CCC2C=CC=CC2=N1. The Balaban J connectivity index is 2.32. The first-order valence-corrected chi connectivity index (χ1v) is 5.81. The van der Waals surface area contributed by atoms with Crippen LogP contribution in [0.5, 0.6) is 0 Å². The molecule has 1 nitrogen and oxygen atoms in total. The van der Waals surface area contributed by atoms with Crippen molar-refractivity contribution in [2.24, 2.45) is 16.8 Å². The highest BCUT2D eigenvalue weighted by Gasteiger charge is 2.19. The smallest absolute Gasteiger partial charge is 0.0475 e. The third-order valence-electron chi connectivity index (χ3n) is 3.28. The maximum Gasteiger partial charge on any atom is 0.0475 e. The molecule has 0 amide bonds. The number of fused-ring (bicyclic) bond motifs is 1. The molecule has 1 atom stereocenters. The second-order valence-corrected chi connectivity index (χ2v) is 4.69. The topological polar surface area (TPSA) is 12.4 Å². The van der Waals surface area contributed by atoms with Crippen molar-refractivity contribution in [3.8, 4) is 0 Å². The van der Waals surface area contributed by atoms with E-state index in [4.69, 9.17) is 4.99 Å². The minimum absolute atomic E-state index is 0.543. The Morgan fingerprint density at radius 2 is 2.13 bits per heavy atom. The summed E-state index contributed by atoms with van der Waals surface area (Å²) in [7, 11) is 0. The molecular weight excluding hydrogens is 182 g/mol. The highest BCUT2D eigenvalue weighted by Crippen LogP contribution is 2.29. The first-order valence-electron chi connectivity index (χ1n) is 5.81. The molecule has 1 unspecified atom stereocenters. The molecule has 0 saturated carbocycles. The normalized spacial score (nSPS) is 25.3. The van der Waals surface area contributed by atoms with E-state index in [1.54, 1.807) is 0 Å². The van der Waals surface area contributed by atoms with Gasteiger partial charge in [0.25, 0.3) is 0 Å². The molecule has 2 rings (SSSR count). The Bertz CT molecular complexity index is 367. The zero-order valence-electron chi connectivity index (χ0n) is 9.83. The Kier molecular flexibility index (Phi) is 2.90. The summed E-state index contributed by atoms with van der Waals surface area (Å²) in [6.45, 7) is 6.68. The molecular formula is C14H19N. The fourth-order valence-corrected chi connectivity index (χ4v) is 2.40. The van der Waals surface area contributed by atoms with Crippen molar-refractivity contribution in [3.63, 3.8) is 0 Å². The third kappa shape index (κ3) is 2.11. The van der Waals surface area contributed by atoms with Gasteiger partial charge in [0.05, 0.1) is 0 Å². The highest BCUT2D eigenvalue weighted by atomic mass is 14.8. The predicted octanol–water partition coefficient (Wildman–Crippen LogP) is 3.89. The Morgan fingerprint density at radius 1 is 1.33 bits per heavy atom. The zero-order valence-corrected chi connectivity index (χ0v) is 9.83. The van der Waals surface area contributed by atoms with Crippen LogP contribution in [0.4, 0.5) is 0 Å². The van der Waals surface area contributed by atoms with E-state index < -0.39 is 0 Å². The molecule has 1 heteroatoms. The molecule has 80 valence electrons. The zero-order chi connectivity index (χ0) is 10.8. The van der Waals surface area contributed by atoms with Crippen LogP contribution in [0, 0.1) is 11.8 Å². The monoisotopic (exact) mass is 201 g/mol. The summed E-state index contributed by atoms with van der Waals surface area (Å²) in [6, 6.07) is 0. The van der Waals surface area contributed by atoms with Gasteiger partial charge in [-0.05, 0) is 37.3 Å². The molecule has 15 heavy (non-hydrogen) atoms. The Morgan fingerprint density at radius 3 is 2.87 bits per heavy atom. The molecule has 0 radical (unpaired) electrons. The van der Waals surface area contributed by atoms with Crippen molar-refractivity contribution >= 4 is 5.71 Å². The Labute approximate surface area is 92.3 Å². The van der Waals surface area contributed by atoms with E-state index in [9.17, 15) is 0 Å². The summed E-state index contributed by atoms with van der Waals surface area (Å²) in [5.74, 6) is 1.17. The second kappa shape index (κ2) is 4.18. The van der Waals surface area contributed by atoms with Crippen LogP contribution in [-0.2, 0) is 0 Å². The fraction of sp³-hybridized carbons (Fsp3) is 0.500. The van der Waals surface area contributed by atoms with E-state index in [2.05, 4.69) is 45.1 Å². The molecule has 0 bridgehead atoms. The van der Waals surface area contributed by atoms with Crippen LogP contribution >= 0.6 is 0 Å². The van der Waals surface area contributed by atoms with Crippen molar-refractivity contribution < 1.29 is 0 Å². The van der Waals surface area contributed by atoms with E-state index >= 15 is 0 Å². The summed E-state index contributed by atoms with van der Waals surface area (Å²) < 4.78 is 0. The molecule has 0 N–H and O–H groups in total. The van der Waals surface area contributed by atoms with Crippen molar-refractivity contribution in [2.45, 2.75) is 33.6 Å². The van der Waals surface area contributed by atoms with E-state index in [0.717, 1.165) is 0 Å². The van der Waals surface area contributed by atoms with Gasteiger partial charge in [0, 0.05) is 17.3 Å². The molecule has 2 aliphatic rings. The van der Waals surface area contributed by atoms with Gasteiger partial charge in [0.1, 0.15) is 0 Å². The second-order valence-electron chi connectivity index (χ2n) is 4.69. The van der Waals surface area contributed by atoms with Crippen LogP contribution in [-0.4, -0.2) is 5.71 Å². The average molecular weight is 201 g/mol. The van der Waals surface area contributed by atoms with E-state index in [0.29, 0.717) is 11.8 Å². The maximum atomic E-state index is 4.76. The van der Waals surface area contributed by atoms with Crippen molar-refractivity contribution in [2.75, 3.05) is 0 Å². The first-order chi connectivity index (χ1) is 7.18. The summed E-state index contributed by atoms with van der Waals surface area (Å²) >= 11 is 0. The van der Waals surface area contributed by atoms with E-state index in [1.807, 2.05) is 0 Å². The standard InChI is InChI=1S/C14H19N/c1-10(2)13-9-8-12-6-4-5-7-14(12)15-11(13)3/h4-7,10,12H,8-9H2,1-3H3. The summed E-state index contributed by atoms with van der Waals surface area (Å²) in [5.41, 5.74) is 4.01. The molecule has 0 aromatic rings. The van der Waals surface area contributed by atoms with Crippen LogP contribution < -0.4 is 0 Å². The lowest BCUT2D eigenvalue weighted by atomic mass is 9.90. The van der Waals surface area contributed by atoms with Gasteiger partial charge in [0.2, 0.25) is 0 Å². The molecule has 0 aromatic heterocycles. The van der Waals surface area contributed by atoms with Gasteiger partial charge in [0.15, 0.2) is 0 Å². The quantitative estimate of drug-likeness (QED) is 0.610. The largest absolute Gasteiger partial charge is 0.258 e. The van der Waals surface area contributed by atoms with Crippen LogP contribution in [0.3, 0.4) is 0 Å². The van der Waals surface area contributed by atoms with Crippen LogP contribution in [0.1, 0.15) is 33.6 Å². The van der Waals surface area contributed by atoms with Crippen LogP contribution in [0.15, 0.2) is 40.6 Å². The lowest BCUT2D eigenvalue weighted by Crippen LogP contribution is -2.10. The fourth-order valence-electron chi connectivity index (χ4n) is 2.40. The van der Waals surface area contributed by atoms with Crippen molar-refractivity contribution in [1.29, 1.82) is 0 Å². The minimum Gasteiger partial charge on any atom is -0.258 e. The third-order valence-corrected chi connectivity index (χ3v) is 3.28. The van der Waals surface area contributed by atoms with E-state index in [1.165, 1.54) is 29.8 Å². The van der Waals surface area contributed by atoms with Crippen LogP contribution in [0.25, 0.3) is 0 Å². The molecule has 0 aromatic carbocycles. The summed E-state index contributed by atoms with van der Waals surface area (Å²) in [5, 5.41) is 0. The number of rotatable bonds is 1. The lowest BCUT2D eigenvalue weighted by molar-refractivity contribution is 0.653. The first kappa shape index (κ1) is 10.4. The molecule has 0 spiro atoms. The molecule has 1 aliphatic carbocycles. The maximum absolute atomic E-state index is 4.76. The van der Waals surface area contributed by atoms with E-state index in [-0.39, 0.29) is 0 Å². The predicted molar refractivity (Wildman–Crippen MR) is 66.0 cm³/mol. The van der Waals surface area contributed by atoms with Gasteiger partial charge in [-0.15, -0.1) is 0 Å². The van der Waals surface area contributed by atoms with Gasteiger partial charge in [-0.2, -0.15) is 0 Å². The Hall–Kier alpha value is -1.11. The summed E-state index contributed by atoms with van der Waals surface area (Å²) in [4.78, 5) is 4.76. The van der Waals surface area contributed by atoms with Gasteiger partial charge in [-0.1, -0.05) is 32.1 Å². The molecule has 0 fully saturated rings. The number of aliphatic imine (C=N–C) groups is 1. The van der Waals surface area contributed by atoms with Crippen molar-refractivity contribution in [1.82, 2.24) is 0 Å². The molecule has 1 aliphatic heterocycles. The lowest BCUT2D eigenvalue weighted by Gasteiger charge is -2.14. The van der Waals surface area contributed by atoms with Gasteiger partial charge >= 0.3 is 0 Å². The number of hydrogen-bond donors (Lipinski definition) is 0.